The van der Waals surface area contributed by atoms with Gasteiger partial charge in [0.1, 0.15) is 11.6 Å². The first-order valence-corrected chi connectivity index (χ1v) is 11.1. The van der Waals surface area contributed by atoms with Crippen molar-refractivity contribution in [2.75, 3.05) is 40.3 Å². The third kappa shape index (κ3) is 4.85. The van der Waals surface area contributed by atoms with Crippen LogP contribution in [0.5, 0.6) is 5.75 Å². The minimum atomic E-state index is 0.719. The molecule has 0 spiro atoms. The van der Waals surface area contributed by atoms with Gasteiger partial charge in [-0.05, 0) is 62.5 Å². The Balaban J connectivity index is 1.30. The number of nitrogens with zero attached hydrogens (tertiary/aromatic N) is 4. The maximum atomic E-state index is 5.51. The summed E-state index contributed by atoms with van der Waals surface area (Å²) in [5.41, 5.74) is 3.60. The zero-order valence-electron chi connectivity index (χ0n) is 18.6. The highest BCUT2D eigenvalue weighted by Gasteiger charge is 2.22. The summed E-state index contributed by atoms with van der Waals surface area (Å²) >= 11 is 0. The van der Waals surface area contributed by atoms with Crippen LogP contribution in [0.1, 0.15) is 24.2 Å². The number of hydrogen-bond acceptors (Lipinski definition) is 4. The van der Waals surface area contributed by atoms with Crippen molar-refractivity contribution >= 4 is 11.0 Å². The molecule has 0 amide bonds. The molecule has 30 heavy (non-hydrogen) atoms. The van der Waals surface area contributed by atoms with Crippen LogP contribution in [0, 0.1) is 5.92 Å². The summed E-state index contributed by atoms with van der Waals surface area (Å²) in [6, 6.07) is 16.8. The van der Waals surface area contributed by atoms with E-state index < -0.39 is 0 Å². The monoisotopic (exact) mass is 406 g/mol. The minimum absolute atomic E-state index is 0.719. The first-order valence-electron chi connectivity index (χ1n) is 11.1. The van der Waals surface area contributed by atoms with E-state index in [-0.39, 0.29) is 0 Å². The lowest BCUT2D eigenvalue weighted by atomic mass is 9.97. The van der Waals surface area contributed by atoms with Crippen molar-refractivity contribution in [2.45, 2.75) is 25.8 Å². The summed E-state index contributed by atoms with van der Waals surface area (Å²) in [5, 5.41) is 0. The molecular weight excluding hydrogens is 372 g/mol. The summed E-state index contributed by atoms with van der Waals surface area (Å²) in [5.74, 6) is 2.87. The molecule has 1 aliphatic heterocycles. The zero-order valence-corrected chi connectivity index (χ0v) is 18.6. The molecule has 0 unspecified atom stereocenters. The van der Waals surface area contributed by atoms with Crippen LogP contribution in [0.3, 0.4) is 0 Å². The van der Waals surface area contributed by atoms with Crippen LogP contribution in [0.15, 0.2) is 48.5 Å². The van der Waals surface area contributed by atoms with Gasteiger partial charge in [-0.3, -0.25) is 4.90 Å². The Kier molecular flexibility index (Phi) is 6.70. The molecule has 0 radical (unpaired) electrons. The molecule has 1 fully saturated rings. The molecule has 1 saturated heterocycles. The topological polar surface area (TPSA) is 33.5 Å². The quantitative estimate of drug-likeness (QED) is 0.567. The van der Waals surface area contributed by atoms with Gasteiger partial charge in [-0.2, -0.15) is 0 Å². The molecular formula is C25H34N4O. The number of methoxy groups -OCH3 is 1. The third-order valence-electron chi connectivity index (χ3n) is 6.35. The van der Waals surface area contributed by atoms with Crippen molar-refractivity contribution in [3.8, 4) is 5.75 Å². The Hall–Kier alpha value is -2.37. The number of fused-ring (bicyclic) bond motifs is 1. The highest BCUT2D eigenvalue weighted by Crippen LogP contribution is 2.22. The van der Waals surface area contributed by atoms with Crippen molar-refractivity contribution in [2.24, 2.45) is 13.0 Å². The van der Waals surface area contributed by atoms with E-state index >= 15 is 0 Å². The molecule has 1 aromatic heterocycles. The van der Waals surface area contributed by atoms with Crippen molar-refractivity contribution in [1.29, 1.82) is 0 Å². The van der Waals surface area contributed by atoms with E-state index in [0.29, 0.717) is 0 Å². The van der Waals surface area contributed by atoms with Gasteiger partial charge in [-0.1, -0.05) is 30.3 Å². The first-order chi connectivity index (χ1) is 14.6. The van der Waals surface area contributed by atoms with Gasteiger partial charge in [-0.25, -0.2) is 4.98 Å². The lowest BCUT2D eigenvalue weighted by Crippen LogP contribution is -2.41. The number of para-hydroxylation sites is 3. The summed E-state index contributed by atoms with van der Waals surface area (Å²) in [7, 11) is 6.11. The van der Waals surface area contributed by atoms with Gasteiger partial charge in [0, 0.05) is 26.7 Å². The average Bonchev–Trinajstić information content (AvgIpc) is 3.08. The molecule has 2 aromatic carbocycles. The lowest BCUT2D eigenvalue weighted by molar-refractivity contribution is 0.141. The van der Waals surface area contributed by atoms with Crippen LogP contribution in [-0.4, -0.2) is 59.7 Å². The number of imidazole rings is 1. The Bertz CT molecular complexity index is 967. The zero-order chi connectivity index (χ0) is 20.9. The molecule has 5 nitrogen and oxygen atoms in total. The Morgan fingerprint density at radius 2 is 1.93 bits per heavy atom. The van der Waals surface area contributed by atoms with Crippen molar-refractivity contribution in [3.05, 3.63) is 59.9 Å². The molecule has 1 aliphatic rings. The molecule has 0 N–H and O–H groups in total. The SMILES string of the molecule is COc1ccccc1CCN1CCC[C@@H](CN(C)Cc2nc3ccccc3n2C)C1. The molecule has 160 valence electrons. The smallest absolute Gasteiger partial charge is 0.123 e. The normalized spacial score (nSPS) is 17.7. The third-order valence-corrected chi connectivity index (χ3v) is 6.35. The van der Waals surface area contributed by atoms with Gasteiger partial charge in [0.25, 0.3) is 0 Å². The number of rotatable bonds is 8. The van der Waals surface area contributed by atoms with Gasteiger partial charge in [0.15, 0.2) is 0 Å². The molecule has 0 saturated carbocycles. The fraction of sp³-hybridized carbons (Fsp3) is 0.480. The number of ether oxygens (including phenoxy) is 1. The summed E-state index contributed by atoms with van der Waals surface area (Å²) in [6.45, 7) is 5.50. The van der Waals surface area contributed by atoms with Gasteiger partial charge in [-0.15, -0.1) is 0 Å². The van der Waals surface area contributed by atoms with Gasteiger partial charge in [0.2, 0.25) is 0 Å². The molecule has 5 heteroatoms. The van der Waals surface area contributed by atoms with Gasteiger partial charge in [0.05, 0.1) is 24.7 Å². The van der Waals surface area contributed by atoms with E-state index in [1.165, 1.54) is 37.0 Å². The van der Waals surface area contributed by atoms with Crippen LogP contribution >= 0.6 is 0 Å². The highest BCUT2D eigenvalue weighted by atomic mass is 16.5. The molecule has 1 atom stereocenters. The van der Waals surface area contributed by atoms with E-state index in [1.807, 2.05) is 6.07 Å². The summed E-state index contributed by atoms with van der Waals surface area (Å²) in [4.78, 5) is 9.91. The molecule has 3 aromatic rings. The number of hydrogen-bond donors (Lipinski definition) is 0. The predicted molar refractivity (Wildman–Crippen MR) is 123 cm³/mol. The van der Waals surface area contributed by atoms with Gasteiger partial charge < -0.3 is 14.2 Å². The maximum Gasteiger partial charge on any atom is 0.123 e. The molecule has 0 bridgehead atoms. The number of benzene rings is 2. The van der Waals surface area contributed by atoms with E-state index in [2.05, 4.69) is 70.9 Å². The van der Waals surface area contributed by atoms with E-state index in [0.717, 1.165) is 49.1 Å². The number of piperidine rings is 1. The lowest BCUT2D eigenvalue weighted by Gasteiger charge is -2.34. The predicted octanol–water partition coefficient (Wildman–Crippen LogP) is 3.97. The van der Waals surface area contributed by atoms with E-state index in [4.69, 9.17) is 9.72 Å². The van der Waals surface area contributed by atoms with Crippen LogP contribution in [0.2, 0.25) is 0 Å². The van der Waals surface area contributed by atoms with Crippen molar-refractivity contribution < 1.29 is 4.74 Å². The Labute approximate surface area is 180 Å². The first kappa shape index (κ1) is 20.9. The second-order valence-electron chi connectivity index (χ2n) is 8.64. The number of aryl methyl sites for hydroxylation is 1. The van der Waals surface area contributed by atoms with Crippen LogP contribution < -0.4 is 4.74 Å². The maximum absolute atomic E-state index is 5.51. The Morgan fingerprint density at radius 3 is 2.77 bits per heavy atom. The fourth-order valence-electron chi connectivity index (χ4n) is 4.78. The van der Waals surface area contributed by atoms with Crippen LogP contribution in [0.4, 0.5) is 0 Å². The van der Waals surface area contributed by atoms with Gasteiger partial charge >= 0.3 is 0 Å². The minimum Gasteiger partial charge on any atom is -0.496 e. The Morgan fingerprint density at radius 1 is 1.13 bits per heavy atom. The van der Waals surface area contributed by atoms with Crippen molar-refractivity contribution in [1.82, 2.24) is 19.4 Å². The van der Waals surface area contributed by atoms with Crippen molar-refractivity contribution in [3.63, 3.8) is 0 Å². The second-order valence-corrected chi connectivity index (χ2v) is 8.64. The molecule has 4 rings (SSSR count). The van der Waals surface area contributed by atoms with Crippen LogP contribution in [-0.2, 0) is 20.0 Å². The average molecular weight is 407 g/mol. The molecule has 0 aliphatic carbocycles. The second kappa shape index (κ2) is 9.63. The number of likely N-dealkylation sites (tertiary alicyclic amines) is 1. The standard InChI is InChI=1S/C25H34N4O/c1-27(19-25-26-22-11-5-6-12-23(22)28(25)2)17-20-9-8-15-29(18-20)16-14-21-10-4-7-13-24(21)30-3/h4-7,10-13,20H,8-9,14-19H2,1-3H3/t20-/m0/s1. The summed E-state index contributed by atoms with van der Waals surface area (Å²) in [6.07, 6.45) is 3.65. The van der Waals surface area contributed by atoms with Crippen LogP contribution in [0.25, 0.3) is 11.0 Å². The summed E-state index contributed by atoms with van der Waals surface area (Å²) < 4.78 is 7.74. The van der Waals surface area contributed by atoms with E-state index in [1.54, 1.807) is 7.11 Å². The number of aromatic nitrogens is 2. The fourth-order valence-corrected chi connectivity index (χ4v) is 4.78. The largest absolute Gasteiger partial charge is 0.496 e. The van der Waals surface area contributed by atoms with E-state index in [9.17, 15) is 0 Å². The highest BCUT2D eigenvalue weighted by molar-refractivity contribution is 5.75. The molecule has 2 heterocycles.